The Balaban J connectivity index is 1.68. The van der Waals surface area contributed by atoms with Gasteiger partial charge in [0.2, 0.25) is 0 Å². The molecule has 3 aromatic rings. The quantitative estimate of drug-likeness (QED) is 0.785. The molecular formula is C16H15FN4O2. The van der Waals surface area contributed by atoms with Gasteiger partial charge in [-0.2, -0.15) is 0 Å². The zero-order valence-corrected chi connectivity index (χ0v) is 12.5. The summed E-state index contributed by atoms with van der Waals surface area (Å²) in [4.78, 5) is 12.0. The molecule has 0 atom stereocenters. The molecule has 23 heavy (non-hydrogen) atoms. The first-order chi connectivity index (χ1) is 11.2. The van der Waals surface area contributed by atoms with Gasteiger partial charge in [0.05, 0.1) is 5.69 Å². The van der Waals surface area contributed by atoms with E-state index in [1.165, 1.54) is 24.3 Å². The van der Waals surface area contributed by atoms with Crippen LogP contribution in [-0.2, 0) is 11.2 Å². The lowest BCUT2D eigenvalue weighted by Gasteiger charge is -2.08. The Labute approximate surface area is 131 Å². The second kappa shape index (κ2) is 6.43. The normalized spacial score (nSPS) is 10.7. The highest BCUT2D eigenvalue weighted by Crippen LogP contribution is 2.16. The summed E-state index contributed by atoms with van der Waals surface area (Å²) in [5, 5.41) is 10.9. The highest BCUT2D eigenvalue weighted by Gasteiger charge is 2.11. The summed E-state index contributed by atoms with van der Waals surface area (Å²) in [5.41, 5.74) is 1.15. The SMILES string of the molecule is CCc1nnc2c(NC(=O)COc3ccc(F)cc3)cccn12. The van der Waals surface area contributed by atoms with Gasteiger partial charge in [0, 0.05) is 12.6 Å². The number of fused-ring (bicyclic) bond motifs is 1. The van der Waals surface area contributed by atoms with Gasteiger partial charge in [0.25, 0.3) is 5.91 Å². The van der Waals surface area contributed by atoms with Gasteiger partial charge in [0.15, 0.2) is 12.3 Å². The summed E-state index contributed by atoms with van der Waals surface area (Å²) in [5.74, 6) is 0.560. The summed E-state index contributed by atoms with van der Waals surface area (Å²) < 4.78 is 19.9. The lowest BCUT2D eigenvalue weighted by atomic mass is 10.3. The number of carbonyl (C=O) groups is 1. The minimum absolute atomic E-state index is 0.179. The maximum atomic E-state index is 12.8. The molecule has 0 aliphatic rings. The molecule has 0 aliphatic carbocycles. The van der Waals surface area contributed by atoms with Crippen LogP contribution in [0.5, 0.6) is 5.75 Å². The van der Waals surface area contributed by atoms with Gasteiger partial charge in [-0.05, 0) is 36.4 Å². The van der Waals surface area contributed by atoms with Crippen LogP contribution in [0.1, 0.15) is 12.7 Å². The van der Waals surface area contributed by atoms with Crippen LogP contribution in [-0.4, -0.2) is 27.1 Å². The topological polar surface area (TPSA) is 68.5 Å². The smallest absolute Gasteiger partial charge is 0.262 e. The molecule has 2 heterocycles. The maximum absolute atomic E-state index is 12.8. The first kappa shape index (κ1) is 15.0. The Morgan fingerprint density at radius 1 is 1.26 bits per heavy atom. The molecule has 2 aromatic heterocycles. The van der Waals surface area contributed by atoms with Crippen molar-refractivity contribution in [2.75, 3.05) is 11.9 Å². The number of benzene rings is 1. The number of rotatable bonds is 5. The van der Waals surface area contributed by atoms with Gasteiger partial charge in [-0.3, -0.25) is 9.20 Å². The minimum Gasteiger partial charge on any atom is -0.484 e. The van der Waals surface area contributed by atoms with Crippen molar-refractivity contribution in [3.8, 4) is 5.75 Å². The fourth-order valence-electron chi connectivity index (χ4n) is 2.17. The summed E-state index contributed by atoms with van der Waals surface area (Å²) in [6.45, 7) is 1.81. The average molecular weight is 314 g/mol. The average Bonchev–Trinajstić information content (AvgIpc) is 2.98. The van der Waals surface area contributed by atoms with Crippen LogP contribution in [0.3, 0.4) is 0 Å². The lowest BCUT2D eigenvalue weighted by molar-refractivity contribution is -0.118. The second-order valence-electron chi connectivity index (χ2n) is 4.88. The van der Waals surface area contributed by atoms with Gasteiger partial charge in [0.1, 0.15) is 17.4 Å². The molecule has 0 radical (unpaired) electrons. The van der Waals surface area contributed by atoms with E-state index in [0.717, 1.165) is 12.2 Å². The molecule has 1 N–H and O–H groups in total. The van der Waals surface area contributed by atoms with Gasteiger partial charge in [-0.15, -0.1) is 10.2 Å². The highest BCUT2D eigenvalue weighted by molar-refractivity contribution is 5.95. The number of ether oxygens (including phenoxy) is 1. The zero-order chi connectivity index (χ0) is 16.2. The van der Waals surface area contributed by atoms with E-state index >= 15 is 0 Å². The number of aryl methyl sites for hydroxylation is 1. The van der Waals surface area contributed by atoms with Crippen LogP contribution in [0.2, 0.25) is 0 Å². The Hall–Kier alpha value is -2.96. The van der Waals surface area contributed by atoms with Gasteiger partial charge < -0.3 is 10.1 Å². The molecule has 1 amide bonds. The summed E-state index contributed by atoms with van der Waals surface area (Å²) in [6, 6.07) is 9.04. The molecule has 0 fully saturated rings. The van der Waals surface area contributed by atoms with E-state index in [-0.39, 0.29) is 18.3 Å². The molecule has 0 saturated carbocycles. The molecule has 0 spiro atoms. The minimum atomic E-state index is -0.355. The van der Waals surface area contributed by atoms with Crippen molar-refractivity contribution in [1.82, 2.24) is 14.6 Å². The maximum Gasteiger partial charge on any atom is 0.262 e. The van der Waals surface area contributed by atoms with E-state index in [1.807, 2.05) is 23.6 Å². The van der Waals surface area contributed by atoms with Crippen molar-refractivity contribution in [2.24, 2.45) is 0 Å². The number of halogens is 1. The van der Waals surface area contributed by atoms with Crippen molar-refractivity contribution in [3.63, 3.8) is 0 Å². The third-order valence-corrected chi connectivity index (χ3v) is 3.28. The van der Waals surface area contributed by atoms with Crippen LogP contribution >= 0.6 is 0 Å². The first-order valence-corrected chi connectivity index (χ1v) is 7.18. The first-order valence-electron chi connectivity index (χ1n) is 7.18. The summed E-state index contributed by atoms with van der Waals surface area (Å²) >= 11 is 0. The largest absolute Gasteiger partial charge is 0.484 e. The Kier molecular flexibility index (Phi) is 4.18. The van der Waals surface area contributed by atoms with E-state index < -0.39 is 0 Å². The van der Waals surface area contributed by atoms with Crippen LogP contribution in [0.15, 0.2) is 42.6 Å². The highest BCUT2D eigenvalue weighted by atomic mass is 19.1. The van der Waals surface area contributed by atoms with E-state index in [9.17, 15) is 9.18 Å². The number of carbonyl (C=O) groups excluding carboxylic acids is 1. The van der Waals surface area contributed by atoms with Gasteiger partial charge in [-0.25, -0.2) is 4.39 Å². The molecule has 118 valence electrons. The summed E-state index contributed by atoms with van der Waals surface area (Å²) in [6.07, 6.45) is 2.59. The van der Waals surface area contributed by atoms with E-state index in [4.69, 9.17) is 4.74 Å². The van der Waals surface area contributed by atoms with Crippen molar-refractivity contribution in [1.29, 1.82) is 0 Å². The lowest BCUT2D eigenvalue weighted by Crippen LogP contribution is -2.20. The molecule has 0 unspecified atom stereocenters. The molecular weight excluding hydrogens is 299 g/mol. The Bertz CT molecular complexity index is 830. The standard InChI is InChI=1S/C16H15FN4O2/c1-2-14-19-20-16-13(4-3-9-21(14)16)18-15(22)10-23-12-7-5-11(17)6-8-12/h3-9H,2,10H2,1H3,(H,18,22). The molecule has 3 rings (SSSR count). The van der Waals surface area contributed by atoms with Crippen molar-refractivity contribution in [3.05, 3.63) is 54.2 Å². The van der Waals surface area contributed by atoms with Gasteiger partial charge in [-0.1, -0.05) is 6.92 Å². The van der Waals surface area contributed by atoms with Crippen LogP contribution in [0, 0.1) is 5.82 Å². The van der Waals surface area contributed by atoms with E-state index in [1.54, 1.807) is 6.07 Å². The number of nitrogens with one attached hydrogen (secondary N) is 1. The molecule has 1 aromatic carbocycles. The predicted octanol–water partition coefficient (Wildman–Crippen LogP) is 2.45. The van der Waals surface area contributed by atoms with Crippen LogP contribution in [0.4, 0.5) is 10.1 Å². The van der Waals surface area contributed by atoms with Gasteiger partial charge >= 0.3 is 0 Å². The third kappa shape index (κ3) is 3.28. The number of nitrogens with zero attached hydrogens (tertiary/aromatic N) is 3. The Morgan fingerprint density at radius 2 is 2.04 bits per heavy atom. The molecule has 7 heteroatoms. The molecule has 0 bridgehead atoms. The van der Waals surface area contributed by atoms with Crippen LogP contribution in [0.25, 0.3) is 5.65 Å². The Morgan fingerprint density at radius 3 is 2.78 bits per heavy atom. The number of anilines is 1. The molecule has 0 aliphatic heterocycles. The number of aromatic nitrogens is 3. The monoisotopic (exact) mass is 314 g/mol. The summed E-state index contributed by atoms with van der Waals surface area (Å²) in [7, 11) is 0. The van der Waals surface area contributed by atoms with Crippen molar-refractivity contribution in [2.45, 2.75) is 13.3 Å². The van der Waals surface area contributed by atoms with Crippen molar-refractivity contribution < 1.29 is 13.9 Å². The van der Waals surface area contributed by atoms with E-state index in [2.05, 4.69) is 15.5 Å². The second-order valence-corrected chi connectivity index (χ2v) is 4.88. The fraction of sp³-hybridized carbons (Fsp3) is 0.188. The number of pyridine rings is 1. The predicted molar refractivity (Wildman–Crippen MR) is 82.9 cm³/mol. The number of amides is 1. The van der Waals surface area contributed by atoms with Crippen molar-refractivity contribution >= 4 is 17.2 Å². The van der Waals surface area contributed by atoms with Crippen LogP contribution < -0.4 is 10.1 Å². The molecule has 0 saturated heterocycles. The molecule has 6 nitrogen and oxygen atoms in total. The third-order valence-electron chi connectivity index (χ3n) is 3.28. The zero-order valence-electron chi connectivity index (χ0n) is 12.5. The number of hydrogen-bond acceptors (Lipinski definition) is 4. The van der Waals surface area contributed by atoms with E-state index in [0.29, 0.717) is 17.1 Å². The fourth-order valence-corrected chi connectivity index (χ4v) is 2.17. The number of hydrogen-bond donors (Lipinski definition) is 1.